The first-order valence-corrected chi connectivity index (χ1v) is 7.73. The molecular formula is C16H27N3O. The highest BCUT2D eigenvalue weighted by molar-refractivity contribution is 5.29. The van der Waals surface area contributed by atoms with Gasteiger partial charge in [0.15, 0.2) is 0 Å². The van der Waals surface area contributed by atoms with Crippen LogP contribution in [0.15, 0.2) is 10.9 Å². The summed E-state index contributed by atoms with van der Waals surface area (Å²) < 4.78 is 1.86. The molecule has 2 heterocycles. The van der Waals surface area contributed by atoms with Gasteiger partial charge in [-0.2, -0.15) is 0 Å². The largest absolute Gasteiger partial charge is 0.315 e. The van der Waals surface area contributed by atoms with E-state index in [1.165, 1.54) is 11.3 Å². The van der Waals surface area contributed by atoms with Gasteiger partial charge in [0, 0.05) is 50.4 Å². The Morgan fingerprint density at radius 1 is 1.40 bits per heavy atom. The van der Waals surface area contributed by atoms with E-state index in [-0.39, 0.29) is 5.56 Å². The molecule has 0 bridgehead atoms. The molecule has 0 saturated heterocycles. The molecule has 2 rings (SSSR count). The molecule has 1 aliphatic heterocycles. The molecule has 1 N–H and O–H groups in total. The van der Waals surface area contributed by atoms with Crippen molar-refractivity contribution in [1.82, 2.24) is 14.8 Å². The first-order valence-electron chi connectivity index (χ1n) is 7.73. The Hall–Kier alpha value is -1.13. The first-order chi connectivity index (χ1) is 9.56. The predicted molar refractivity (Wildman–Crippen MR) is 82.9 cm³/mol. The van der Waals surface area contributed by atoms with E-state index in [0.29, 0.717) is 12.6 Å². The third-order valence-electron chi connectivity index (χ3n) is 4.46. The second-order valence-electron chi connectivity index (χ2n) is 5.81. The second kappa shape index (κ2) is 6.55. The Kier molecular flexibility index (Phi) is 5.00. The van der Waals surface area contributed by atoms with Crippen molar-refractivity contribution in [3.05, 3.63) is 33.2 Å². The fourth-order valence-corrected chi connectivity index (χ4v) is 2.78. The van der Waals surface area contributed by atoms with Gasteiger partial charge in [-0.05, 0) is 31.5 Å². The van der Waals surface area contributed by atoms with Crippen LogP contribution in [0.4, 0.5) is 0 Å². The summed E-state index contributed by atoms with van der Waals surface area (Å²) >= 11 is 0. The number of rotatable bonds is 5. The first kappa shape index (κ1) is 15.3. The molecule has 0 saturated carbocycles. The fourth-order valence-electron chi connectivity index (χ4n) is 2.78. The van der Waals surface area contributed by atoms with Gasteiger partial charge in [-0.15, -0.1) is 0 Å². The van der Waals surface area contributed by atoms with Crippen molar-refractivity contribution in [2.45, 2.75) is 52.7 Å². The molecule has 1 aromatic heterocycles. The van der Waals surface area contributed by atoms with Gasteiger partial charge in [-0.1, -0.05) is 13.8 Å². The molecule has 0 spiro atoms. The van der Waals surface area contributed by atoms with E-state index in [1.807, 2.05) is 11.6 Å². The average molecular weight is 277 g/mol. The van der Waals surface area contributed by atoms with Crippen LogP contribution in [0.5, 0.6) is 0 Å². The highest BCUT2D eigenvalue weighted by Gasteiger charge is 2.19. The maximum Gasteiger partial charge on any atom is 0.255 e. The van der Waals surface area contributed by atoms with Crippen LogP contribution in [0, 0.1) is 0 Å². The number of hydrogen-bond acceptors (Lipinski definition) is 3. The van der Waals surface area contributed by atoms with Crippen molar-refractivity contribution in [3.63, 3.8) is 0 Å². The third-order valence-corrected chi connectivity index (χ3v) is 4.46. The van der Waals surface area contributed by atoms with Crippen LogP contribution in [0.1, 0.15) is 44.0 Å². The lowest BCUT2D eigenvalue weighted by Gasteiger charge is -2.29. The van der Waals surface area contributed by atoms with E-state index >= 15 is 0 Å². The minimum Gasteiger partial charge on any atom is -0.315 e. The van der Waals surface area contributed by atoms with Crippen LogP contribution in [0.25, 0.3) is 0 Å². The minimum atomic E-state index is 0.157. The van der Waals surface area contributed by atoms with Crippen molar-refractivity contribution in [3.8, 4) is 0 Å². The summed E-state index contributed by atoms with van der Waals surface area (Å²) in [7, 11) is 1.91. The van der Waals surface area contributed by atoms with Crippen molar-refractivity contribution in [2.24, 2.45) is 7.05 Å². The Labute approximate surface area is 121 Å². The molecule has 112 valence electrons. The van der Waals surface area contributed by atoms with E-state index in [4.69, 9.17) is 0 Å². The number of fused-ring (bicyclic) bond motifs is 1. The zero-order valence-electron chi connectivity index (χ0n) is 13.2. The molecule has 4 heteroatoms. The highest BCUT2D eigenvalue weighted by Crippen LogP contribution is 2.18. The Balaban J connectivity index is 2.26. The molecular weight excluding hydrogens is 250 g/mol. The maximum atomic E-state index is 12.4. The van der Waals surface area contributed by atoms with Gasteiger partial charge in [-0.25, -0.2) is 0 Å². The molecule has 0 fully saturated rings. The van der Waals surface area contributed by atoms with Gasteiger partial charge in [0.25, 0.3) is 5.56 Å². The number of likely N-dealkylation sites (N-methyl/N-ethyl adjacent to an activating group) is 1. The molecule has 0 aromatic carbocycles. The highest BCUT2D eigenvalue weighted by atomic mass is 16.1. The monoisotopic (exact) mass is 277 g/mol. The molecule has 1 aromatic rings. The van der Waals surface area contributed by atoms with Gasteiger partial charge in [0.1, 0.15) is 0 Å². The summed E-state index contributed by atoms with van der Waals surface area (Å²) in [6.45, 7) is 10.3. The standard InChI is InChI=1S/C16H27N3O/c1-5-12(3)17-10-13-9-14-11-19(6-2)8-7-15(14)18(4)16(13)20/h9,12,17H,5-8,10-11H2,1-4H3. The Bertz CT molecular complexity index is 521. The summed E-state index contributed by atoms with van der Waals surface area (Å²) in [6, 6.07) is 2.57. The van der Waals surface area contributed by atoms with Crippen molar-refractivity contribution >= 4 is 0 Å². The lowest BCUT2D eigenvalue weighted by molar-refractivity contribution is 0.262. The molecule has 1 aliphatic rings. The summed E-state index contributed by atoms with van der Waals surface area (Å²) in [6.07, 6.45) is 2.06. The fraction of sp³-hybridized carbons (Fsp3) is 0.688. The maximum absolute atomic E-state index is 12.4. The van der Waals surface area contributed by atoms with Crippen molar-refractivity contribution in [2.75, 3.05) is 13.1 Å². The molecule has 20 heavy (non-hydrogen) atoms. The van der Waals surface area contributed by atoms with E-state index in [9.17, 15) is 4.79 Å². The molecule has 1 atom stereocenters. The quantitative estimate of drug-likeness (QED) is 0.889. The zero-order chi connectivity index (χ0) is 14.7. The van der Waals surface area contributed by atoms with Gasteiger partial charge in [0.2, 0.25) is 0 Å². The van der Waals surface area contributed by atoms with E-state index in [2.05, 4.69) is 37.1 Å². The van der Waals surface area contributed by atoms with Gasteiger partial charge < -0.3 is 9.88 Å². The van der Waals surface area contributed by atoms with E-state index < -0.39 is 0 Å². The number of pyridine rings is 1. The number of aromatic nitrogens is 1. The topological polar surface area (TPSA) is 37.3 Å². The van der Waals surface area contributed by atoms with Crippen LogP contribution in [0.3, 0.4) is 0 Å². The predicted octanol–water partition coefficient (Wildman–Crippen LogP) is 1.65. The summed E-state index contributed by atoms with van der Waals surface area (Å²) in [5.74, 6) is 0. The van der Waals surface area contributed by atoms with E-state index in [1.54, 1.807) is 0 Å². The number of hydrogen-bond donors (Lipinski definition) is 1. The summed E-state index contributed by atoms with van der Waals surface area (Å²) in [5.41, 5.74) is 3.59. The Morgan fingerprint density at radius 2 is 2.15 bits per heavy atom. The van der Waals surface area contributed by atoms with Gasteiger partial charge in [-0.3, -0.25) is 9.69 Å². The van der Waals surface area contributed by atoms with Crippen LogP contribution < -0.4 is 10.9 Å². The zero-order valence-corrected chi connectivity index (χ0v) is 13.2. The van der Waals surface area contributed by atoms with Crippen LogP contribution in [0.2, 0.25) is 0 Å². The average Bonchev–Trinajstić information content (AvgIpc) is 2.48. The SMILES string of the molecule is CCC(C)NCc1cc2c(n(C)c1=O)CCN(CC)C2. The van der Waals surface area contributed by atoms with Crippen molar-refractivity contribution in [1.29, 1.82) is 0 Å². The third kappa shape index (κ3) is 3.13. The number of nitrogens with one attached hydrogen (secondary N) is 1. The lowest BCUT2D eigenvalue weighted by Crippen LogP contribution is -2.37. The van der Waals surface area contributed by atoms with Crippen LogP contribution in [-0.2, 0) is 26.6 Å². The van der Waals surface area contributed by atoms with Gasteiger partial charge in [0.05, 0.1) is 0 Å². The summed E-state index contributed by atoms with van der Waals surface area (Å²) in [5, 5.41) is 3.42. The normalized spacial score (nSPS) is 17.0. The lowest BCUT2D eigenvalue weighted by atomic mass is 10.0. The summed E-state index contributed by atoms with van der Waals surface area (Å²) in [4.78, 5) is 14.8. The van der Waals surface area contributed by atoms with Crippen LogP contribution >= 0.6 is 0 Å². The van der Waals surface area contributed by atoms with Crippen LogP contribution in [-0.4, -0.2) is 28.6 Å². The molecule has 4 nitrogen and oxygen atoms in total. The Morgan fingerprint density at radius 3 is 2.80 bits per heavy atom. The molecule has 0 amide bonds. The minimum absolute atomic E-state index is 0.157. The molecule has 0 aliphatic carbocycles. The molecule has 1 unspecified atom stereocenters. The number of nitrogens with zero attached hydrogens (tertiary/aromatic N) is 2. The van der Waals surface area contributed by atoms with E-state index in [0.717, 1.165) is 38.0 Å². The molecule has 0 radical (unpaired) electrons. The van der Waals surface area contributed by atoms with Gasteiger partial charge >= 0.3 is 0 Å². The second-order valence-corrected chi connectivity index (χ2v) is 5.81. The smallest absolute Gasteiger partial charge is 0.255 e. The van der Waals surface area contributed by atoms with Crippen molar-refractivity contribution < 1.29 is 0 Å².